The number of hydrogen-bond donors (Lipinski definition) is 0. The fourth-order valence-corrected chi connectivity index (χ4v) is 4.98. The van der Waals surface area contributed by atoms with E-state index in [1.165, 1.54) is 116 Å². The van der Waals surface area contributed by atoms with Gasteiger partial charge in [-0.1, -0.05) is 117 Å². The Balaban J connectivity index is 4.50. The van der Waals surface area contributed by atoms with Gasteiger partial charge in [0.2, 0.25) is 0 Å². The lowest BCUT2D eigenvalue weighted by molar-refractivity contribution is -0.0972. The van der Waals surface area contributed by atoms with Crippen LogP contribution in [0.2, 0.25) is 0 Å². The summed E-state index contributed by atoms with van der Waals surface area (Å²) in [5.74, 6) is 0.502. The van der Waals surface area contributed by atoms with E-state index in [1.54, 1.807) is 0 Å². The molecule has 0 N–H and O–H groups in total. The summed E-state index contributed by atoms with van der Waals surface area (Å²) in [5, 5.41) is 0. The molecule has 0 aromatic carbocycles. The van der Waals surface area contributed by atoms with Gasteiger partial charge in [0, 0.05) is 5.92 Å². The molecule has 0 aliphatic carbocycles. The van der Waals surface area contributed by atoms with Crippen LogP contribution >= 0.6 is 0 Å². The fraction of sp³-hybridized carbons (Fsp3) is 1.00. The molecule has 0 fully saturated rings. The first kappa shape index (κ1) is 31.9. The van der Waals surface area contributed by atoms with Crippen LogP contribution in [0.5, 0.6) is 0 Å². The molecular formula is C30H62O2. The quantitative estimate of drug-likeness (QED) is 0.135. The third-order valence-electron chi connectivity index (χ3n) is 7.17. The van der Waals surface area contributed by atoms with Crippen molar-refractivity contribution in [2.24, 2.45) is 5.92 Å². The zero-order valence-corrected chi connectivity index (χ0v) is 23.4. The highest BCUT2D eigenvalue weighted by atomic mass is 16.5. The van der Waals surface area contributed by atoms with Gasteiger partial charge in [-0.15, -0.1) is 0 Å². The van der Waals surface area contributed by atoms with Crippen LogP contribution in [0.25, 0.3) is 0 Å². The van der Waals surface area contributed by atoms with Crippen molar-refractivity contribution in [1.82, 2.24) is 0 Å². The molecule has 0 spiro atoms. The van der Waals surface area contributed by atoms with Crippen molar-refractivity contribution >= 4 is 0 Å². The molecule has 0 amide bonds. The zero-order valence-electron chi connectivity index (χ0n) is 23.4. The first-order chi connectivity index (χ1) is 15.5. The van der Waals surface area contributed by atoms with Crippen LogP contribution in [0, 0.1) is 5.92 Å². The molecule has 0 aliphatic rings. The van der Waals surface area contributed by atoms with Crippen molar-refractivity contribution < 1.29 is 9.47 Å². The van der Waals surface area contributed by atoms with Gasteiger partial charge in [0.05, 0.1) is 24.4 Å². The summed E-state index contributed by atoms with van der Waals surface area (Å²) < 4.78 is 13.0. The van der Waals surface area contributed by atoms with E-state index < -0.39 is 0 Å². The number of hydrogen-bond acceptors (Lipinski definition) is 2. The van der Waals surface area contributed by atoms with Gasteiger partial charge in [-0.05, 0) is 47.0 Å². The Kier molecular flexibility index (Phi) is 22.6. The Morgan fingerprint density at radius 3 is 1.12 bits per heavy atom. The minimum Gasteiger partial charge on any atom is -0.375 e. The Labute approximate surface area is 204 Å². The maximum Gasteiger partial charge on any atom is 0.0603 e. The summed E-state index contributed by atoms with van der Waals surface area (Å²) in [4.78, 5) is 0. The van der Waals surface area contributed by atoms with Crippen molar-refractivity contribution in [2.45, 2.75) is 188 Å². The predicted molar refractivity (Wildman–Crippen MR) is 144 cm³/mol. The molecule has 2 nitrogen and oxygen atoms in total. The normalized spacial score (nSPS) is 16.6. The van der Waals surface area contributed by atoms with Gasteiger partial charge in [0.15, 0.2) is 0 Å². The average Bonchev–Trinajstić information content (AvgIpc) is 2.75. The second-order valence-corrected chi connectivity index (χ2v) is 10.6. The molecular weight excluding hydrogens is 392 g/mol. The lowest BCUT2D eigenvalue weighted by Crippen LogP contribution is -2.35. The van der Waals surface area contributed by atoms with Gasteiger partial charge < -0.3 is 9.47 Å². The largest absolute Gasteiger partial charge is 0.375 e. The highest BCUT2D eigenvalue weighted by molar-refractivity contribution is 4.75. The summed E-state index contributed by atoms with van der Waals surface area (Å²) in [6.45, 7) is 16.0. The Morgan fingerprint density at radius 1 is 0.406 bits per heavy atom. The van der Waals surface area contributed by atoms with Crippen molar-refractivity contribution in [3.63, 3.8) is 0 Å². The molecule has 0 saturated heterocycles. The van der Waals surface area contributed by atoms with E-state index in [0.29, 0.717) is 18.1 Å². The van der Waals surface area contributed by atoms with E-state index in [4.69, 9.17) is 9.47 Å². The van der Waals surface area contributed by atoms with Crippen LogP contribution in [-0.2, 0) is 9.47 Å². The van der Waals surface area contributed by atoms with Crippen LogP contribution in [0.4, 0.5) is 0 Å². The summed E-state index contributed by atoms with van der Waals surface area (Å²) in [5.41, 5.74) is 0. The van der Waals surface area contributed by atoms with Crippen molar-refractivity contribution in [2.75, 3.05) is 0 Å². The number of rotatable bonds is 24. The van der Waals surface area contributed by atoms with Gasteiger partial charge in [0.25, 0.3) is 0 Å². The maximum absolute atomic E-state index is 6.51. The molecule has 2 heteroatoms. The SMILES string of the molecule is CCCCCCCCCCCC(C(C)OC(C)CCCCC)C(C)OC(C)CCCCC. The highest BCUT2D eigenvalue weighted by Crippen LogP contribution is 2.26. The molecule has 4 unspecified atom stereocenters. The predicted octanol–water partition coefficient (Wildman–Crippen LogP) is 10.3. The molecule has 0 rings (SSSR count). The van der Waals surface area contributed by atoms with Gasteiger partial charge in [-0.3, -0.25) is 0 Å². The van der Waals surface area contributed by atoms with Crippen molar-refractivity contribution in [3.8, 4) is 0 Å². The molecule has 4 atom stereocenters. The molecule has 0 heterocycles. The van der Waals surface area contributed by atoms with Crippen LogP contribution in [0.3, 0.4) is 0 Å². The lowest BCUT2D eigenvalue weighted by atomic mass is 9.90. The third-order valence-corrected chi connectivity index (χ3v) is 7.17. The fourth-order valence-electron chi connectivity index (χ4n) is 4.98. The van der Waals surface area contributed by atoms with E-state index in [-0.39, 0.29) is 12.2 Å². The first-order valence-electron chi connectivity index (χ1n) is 14.8. The molecule has 0 aromatic rings. The topological polar surface area (TPSA) is 18.5 Å². The molecule has 194 valence electrons. The van der Waals surface area contributed by atoms with E-state index >= 15 is 0 Å². The molecule has 0 bridgehead atoms. The maximum atomic E-state index is 6.51. The Hall–Kier alpha value is -0.0800. The third kappa shape index (κ3) is 18.4. The van der Waals surface area contributed by atoms with Crippen LogP contribution in [0.15, 0.2) is 0 Å². The van der Waals surface area contributed by atoms with E-state index in [9.17, 15) is 0 Å². The number of unbranched alkanes of at least 4 members (excludes halogenated alkanes) is 12. The summed E-state index contributed by atoms with van der Waals surface area (Å²) in [7, 11) is 0. The lowest BCUT2D eigenvalue weighted by Gasteiger charge is -2.33. The Bertz CT molecular complexity index is 346. The smallest absolute Gasteiger partial charge is 0.0603 e. The van der Waals surface area contributed by atoms with E-state index in [1.807, 2.05) is 0 Å². The summed E-state index contributed by atoms with van der Waals surface area (Å²) >= 11 is 0. The van der Waals surface area contributed by atoms with Crippen molar-refractivity contribution in [3.05, 3.63) is 0 Å². The molecule has 0 saturated carbocycles. The molecule has 32 heavy (non-hydrogen) atoms. The highest BCUT2D eigenvalue weighted by Gasteiger charge is 2.27. The standard InChI is InChI=1S/C30H62O2/c1-8-11-14-15-16-17-18-19-22-25-30(28(6)31-26(4)23-20-12-9-2)29(7)32-27(5)24-21-13-10-3/h26-30H,8-25H2,1-7H3. The van der Waals surface area contributed by atoms with Crippen LogP contribution in [-0.4, -0.2) is 24.4 Å². The van der Waals surface area contributed by atoms with Crippen LogP contribution < -0.4 is 0 Å². The molecule has 0 aliphatic heterocycles. The van der Waals surface area contributed by atoms with Gasteiger partial charge in [-0.2, -0.15) is 0 Å². The average molecular weight is 455 g/mol. The zero-order chi connectivity index (χ0) is 24.0. The second kappa shape index (κ2) is 22.7. The van der Waals surface area contributed by atoms with E-state index in [0.717, 1.165) is 0 Å². The molecule has 0 radical (unpaired) electrons. The first-order valence-corrected chi connectivity index (χ1v) is 14.8. The minimum atomic E-state index is 0.276. The monoisotopic (exact) mass is 454 g/mol. The van der Waals surface area contributed by atoms with Gasteiger partial charge in [-0.25, -0.2) is 0 Å². The van der Waals surface area contributed by atoms with Gasteiger partial charge in [0.1, 0.15) is 0 Å². The van der Waals surface area contributed by atoms with Crippen molar-refractivity contribution in [1.29, 1.82) is 0 Å². The summed E-state index contributed by atoms with van der Waals surface area (Å²) in [6.07, 6.45) is 25.2. The minimum absolute atomic E-state index is 0.276. The van der Waals surface area contributed by atoms with Gasteiger partial charge >= 0.3 is 0 Å². The van der Waals surface area contributed by atoms with E-state index in [2.05, 4.69) is 48.5 Å². The summed E-state index contributed by atoms with van der Waals surface area (Å²) in [6, 6.07) is 0. The Morgan fingerprint density at radius 2 is 0.719 bits per heavy atom. The molecule has 0 aromatic heterocycles. The second-order valence-electron chi connectivity index (χ2n) is 10.6. The van der Waals surface area contributed by atoms with Crippen LogP contribution in [0.1, 0.15) is 164 Å². The number of ether oxygens (including phenoxy) is 2.